The molecule has 0 spiro atoms. The number of fused-ring (bicyclic) bond motifs is 1. The molecule has 1 atom stereocenters. The van der Waals surface area contributed by atoms with Crippen molar-refractivity contribution in [2.45, 2.75) is 19.6 Å². The van der Waals surface area contributed by atoms with E-state index < -0.39 is 12.0 Å². The molecular formula is C19H18N4O4. The standard InChI is InChI=1S/C19H18N4O4/c1-12-2-4-13(5-3-12)16(24)10-23-9-15(21-22-23)19(25)20-14-6-7-17-18(8-14)27-11-26-17/h2-9,16,24H,10-11H2,1H3,(H,20,25)/t16-/m1/s1. The minimum atomic E-state index is -0.739. The van der Waals surface area contributed by atoms with E-state index in [4.69, 9.17) is 9.47 Å². The summed E-state index contributed by atoms with van der Waals surface area (Å²) in [7, 11) is 0. The molecule has 0 fully saturated rings. The molecule has 0 saturated heterocycles. The van der Waals surface area contributed by atoms with Crippen LogP contribution in [0.15, 0.2) is 48.7 Å². The van der Waals surface area contributed by atoms with Gasteiger partial charge in [0.25, 0.3) is 5.91 Å². The summed E-state index contributed by atoms with van der Waals surface area (Å²) in [4.78, 5) is 12.4. The quantitative estimate of drug-likeness (QED) is 0.719. The third-order valence-corrected chi connectivity index (χ3v) is 4.22. The fraction of sp³-hybridized carbons (Fsp3) is 0.211. The Morgan fingerprint density at radius 1 is 1.22 bits per heavy atom. The number of hydrogen-bond acceptors (Lipinski definition) is 6. The lowest BCUT2D eigenvalue weighted by molar-refractivity contribution is 0.102. The molecule has 2 heterocycles. The van der Waals surface area contributed by atoms with E-state index in [0.29, 0.717) is 17.2 Å². The molecule has 2 N–H and O–H groups in total. The zero-order valence-corrected chi connectivity index (χ0v) is 14.6. The molecule has 138 valence electrons. The van der Waals surface area contributed by atoms with Crippen LogP contribution in [-0.4, -0.2) is 32.8 Å². The van der Waals surface area contributed by atoms with E-state index >= 15 is 0 Å². The van der Waals surface area contributed by atoms with Crippen LogP contribution < -0.4 is 14.8 Å². The molecule has 1 aliphatic rings. The van der Waals surface area contributed by atoms with E-state index in [-0.39, 0.29) is 19.0 Å². The van der Waals surface area contributed by atoms with Gasteiger partial charge in [-0.05, 0) is 24.6 Å². The number of nitrogens with one attached hydrogen (secondary N) is 1. The molecule has 0 bridgehead atoms. The highest BCUT2D eigenvalue weighted by Crippen LogP contribution is 2.34. The van der Waals surface area contributed by atoms with Crippen LogP contribution in [0.3, 0.4) is 0 Å². The number of aliphatic hydroxyl groups is 1. The third kappa shape index (κ3) is 3.75. The van der Waals surface area contributed by atoms with Gasteiger partial charge in [-0.15, -0.1) is 5.10 Å². The molecule has 8 heteroatoms. The SMILES string of the molecule is Cc1ccc([C@H](O)Cn2cc(C(=O)Nc3ccc4c(c3)OCO4)nn2)cc1. The van der Waals surface area contributed by atoms with Gasteiger partial charge in [-0.1, -0.05) is 35.0 Å². The maximum atomic E-state index is 12.4. The number of rotatable bonds is 5. The van der Waals surface area contributed by atoms with Crippen molar-refractivity contribution >= 4 is 11.6 Å². The summed E-state index contributed by atoms with van der Waals surface area (Å²) in [6.07, 6.45) is 0.761. The van der Waals surface area contributed by atoms with Gasteiger partial charge in [0.2, 0.25) is 6.79 Å². The number of nitrogens with zero attached hydrogens (tertiary/aromatic N) is 3. The fourth-order valence-electron chi connectivity index (χ4n) is 2.73. The second-order valence-corrected chi connectivity index (χ2v) is 6.27. The normalized spacial score (nSPS) is 13.4. The number of ether oxygens (including phenoxy) is 2. The van der Waals surface area contributed by atoms with E-state index in [9.17, 15) is 9.90 Å². The molecule has 1 aromatic heterocycles. The average molecular weight is 366 g/mol. The van der Waals surface area contributed by atoms with Crippen molar-refractivity contribution in [2.75, 3.05) is 12.1 Å². The first-order valence-electron chi connectivity index (χ1n) is 8.44. The Labute approximate surface area is 155 Å². The Morgan fingerprint density at radius 3 is 2.81 bits per heavy atom. The zero-order valence-electron chi connectivity index (χ0n) is 14.6. The zero-order chi connectivity index (χ0) is 18.8. The molecule has 0 aliphatic carbocycles. The number of carbonyl (C=O) groups excluding carboxylic acids is 1. The number of amides is 1. The summed E-state index contributed by atoms with van der Waals surface area (Å²) in [6, 6.07) is 12.7. The first kappa shape index (κ1) is 17.0. The Morgan fingerprint density at radius 2 is 2.00 bits per heavy atom. The minimum absolute atomic E-state index is 0.156. The average Bonchev–Trinajstić information content (AvgIpc) is 3.31. The van der Waals surface area contributed by atoms with Gasteiger partial charge < -0.3 is 19.9 Å². The van der Waals surface area contributed by atoms with Crippen LogP contribution in [0.5, 0.6) is 11.5 Å². The van der Waals surface area contributed by atoms with Crippen molar-refractivity contribution in [3.63, 3.8) is 0 Å². The van der Waals surface area contributed by atoms with Gasteiger partial charge in [0, 0.05) is 11.8 Å². The Kier molecular flexibility index (Phi) is 4.47. The van der Waals surface area contributed by atoms with Gasteiger partial charge in [-0.25, -0.2) is 4.68 Å². The lowest BCUT2D eigenvalue weighted by atomic mass is 10.1. The molecule has 1 aliphatic heterocycles. The second kappa shape index (κ2) is 7.08. The van der Waals surface area contributed by atoms with Crippen molar-refractivity contribution < 1.29 is 19.4 Å². The predicted octanol–water partition coefficient (Wildman–Crippen LogP) is 2.30. The summed E-state index contributed by atoms with van der Waals surface area (Å²) in [6.45, 7) is 2.36. The number of aryl methyl sites for hydroxylation is 1. The summed E-state index contributed by atoms with van der Waals surface area (Å²) < 4.78 is 12.0. The maximum absolute atomic E-state index is 12.4. The van der Waals surface area contributed by atoms with Gasteiger partial charge in [-0.3, -0.25) is 4.79 Å². The van der Waals surface area contributed by atoms with Crippen LogP contribution in [0.1, 0.15) is 27.7 Å². The van der Waals surface area contributed by atoms with E-state index in [1.54, 1.807) is 18.2 Å². The number of hydrogen-bond donors (Lipinski definition) is 2. The Bertz CT molecular complexity index is 968. The number of anilines is 1. The Hall–Kier alpha value is -3.39. The highest BCUT2D eigenvalue weighted by atomic mass is 16.7. The predicted molar refractivity (Wildman–Crippen MR) is 96.7 cm³/mol. The first-order chi connectivity index (χ1) is 13.1. The topological polar surface area (TPSA) is 98.5 Å². The van der Waals surface area contributed by atoms with Crippen molar-refractivity contribution in [3.05, 3.63) is 65.5 Å². The smallest absolute Gasteiger partial charge is 0.277 e. The summed E-state index contributed by atoms with van der Waals surface area (Å²) in [5.41, 5.74) is 2.62. The lowest BCUT2D eigenvalue weighted by Gasteiger charge is -2.10. The number of aliphatic hydroxyl groups excluding tert-OH is 1. The largest absolute Gasteiger partial charge is 0.454 e. The molecule has 0 radical (unpaired) electrons. The van der Waals surface area contributed by atoms with E-state index in [0.717, 1.165) is 11.1 Å². The highest BCUT2D eigenvalue weighted by molar-refractivity contribution is 6.02. The van der Waals surface area contributed by atoms with Gasteiger partial charge in [0.15, 0.2) is 17.2 Å². The van der Waals surface area contributed by atoms with E-state index in [1.165, 1.54) is 10.9 Å². The molecule has 0 saturated carbocycles. The number of aromatic nitrogens is 3. The van der Waals surface area contributed by atoms with Crippen LogP contribution in [-0.2, 0) is 6.54 Å². The van der Waals surface area contributed by atoms with Crippen LogP contribution in [0, 0.1) is 6.92 Å². The van der Waals surface area contributed by atoms with Crippen LogP contribution in [0.4, 0.5) is 5.69 Å². The fourth-order valence-corrected chi connectivity index (χ4v) is 2.73. The molecule has 8 nitrogen and oxygen atoms in total. The summed E-state index contributed by atoms with van der Waals surface area (Å²) in [5.74, 6) is 0.826. The molecule has 27 heavy (non-hydrogen) atoms. The van der Waals surface area contributed by atoms with Crippen molar-refractivity contribution in [2.24, 2.45) is 0 Å². The first-order valence-corrected chi connectivity index (χ1v) is 8.44. The third-order valence-electron chi connectivity index (χ3n) is 4.22. The van der Waals surface area contributed by atoms with Crippen LogP contribution in [0.25, 0.3) is 0 Å². The molecule has 0 unspecified atom stereocenters. The van der Waals surface area contributed by atoms with Gasteiger partial charge >= 0.3 is 0 Å². The molecular weight excluding hydrogens is 348 g/mol. The van der Waals surface area contributed by atoms with E-state index in [1.807, 2.05) is 31.2 Å². The second-order valence-electron chi connectivity index (χ2n) is 6.27. The minimum Gasteiger partial charge on any atom is -0.454 e. The molecule has 3 aromatic rings. The van der Waals surface area contributed by atoms with Crippen LogP contribution in [0.2, 0.25) is 0 Å². The molecule has 1 amide bonds. The monoisotopic (exact) mass is 366 g/mol. The number of benzene rings is 2. The maximum Gasteiger partial charge on any atom is 0.277 e. The Balaban J connectivity index is 1.41. The van der Waals surface area contributed by atoms with Crippen molar-refractivity contribution in [1.29, 1.82) is 0 Å². The summed E-state index contributed by atoms with van der Waals surface area (Å²) in [5, 5.41) is 20.9. The molecule has 4 rings (SSSR count). The van der Waals surface area contributed by atoms with Gasteiger partial charge in [0.05, 0.1) is 18.8 Å². The lowest BCUT2D eigenvalue weighted by Crippen LogP contribution is -2.12. The van der Waals surface area contributed by atoms with Crippen molar-refractivity contribution in [1.82, 2.24) is 15.0 Å². The summed E-state index contributed by atoms with van der Waals surface area (Å²) >= 11 is 0. The number of carbonyl (C=O) groups is 1. The highest BCUT2D eigenvalue weighted by Gasteiger charge is 2.17. The van der Waals surface area contributed by atoms with Gasteiger partial charge in [0.1, 0.15) is 0 Å². The van der Waals surface area contributed by atoms with E-state index in [2.05, 4.69) is 15.6 Å². The van der Waals surface area contributed by atoms with Crippen LogP contribution >= 0.6 is 0 Å². The van der Waals surface area contributed by atoms with Crippen molar-refractivity contribution in [3.8, 4) is 11.5 Å². The molecule has 2 aromatic carbocycles. The van der Waals surface area contributed by atoms with Gasteiger partial charge in [-0.2, -0.15) is 0 Å².